The van der Waals surface area contributed by atoms with E-state index in [9.17, 15) is 4.79 Å². The van der Waals surface area contributed by atoms with Crippen LogP contribution in [0.5, 0.6) is 0 Å². The van der Waals surface area contributed by atoms with Crippen molar-refractivity contribution in [2.45, 2.75) is 37.8 Å². The van der Waals surface area contributed by atoms with E-state index in [-0.39, 0.29) is 18.7 Å². The molecule has 74 valence electrons. The van der Waals surface area contributed by atoms with Crippen LogP contribution in [0, 0.1) is 0 Å². The molecule has 4 heteroatoms. The molecule has 1 saturated heterocycles. The lowest BCUT2D eigenvalue weighted by Gasteiger charge is -2.23. The van der Waals surface area contributed by atoms with Gasteiger partial charge in [-0.05, 0) is 25.7 Å². The van der Waals surface area contributed by atoms with E-state index in [0.717, 1.165) is 32.2 Å². The molecule has 0 spiro atoms. The summed E-state index contributed by atoms with van der Waals surface area (Å²) >= 11 is 0. The summed E-state index contributed by atoms with van der Waals surface area (Å²) in [6.07, 6.45) is 4.19. The van der Waals surface area contributed by atoms with Gasteiger partial charge in [-0.2, -0.15) is 0 Å². The quantitative estimate of drug-likeness (QED) is 0.649. The molecule has 2 fully saturated rings. The Morgan fingerprint density at radius 1 is 1.46 bits per heavy atom. The summed E-state index contributed by atoms with van der Waals surface area (Å²) in [5.74, 6) is 0. The molecule has 2 rings (SSSR count). The zero-order valence-electron chi connectivity index (χ0n) is 7.70. The number of amides is 2. The lowest BCUT2D eigenvalue weighted by molar-refractivity contribution is 0.157. The number of nitrogens with one attached hydrogen (secondary N) is 1. The SMILES string of the molecule is O=C(NC1CC1)N1CCC[C@@H]1CO. The Labute approximate surface area is 77.9 Å². The van der Waals surface area contributed by atoms with E-state index >= 15 is 0 Å². The smallest absolute Gasteiger partial charge is 0.317 e. The number of hydrogen-bond acceptors (Lipinski definition) is 2. The van der Waals surface area contributed by atoms with E-state index in [0.29, 0.717) is 6.04 Å². The van der Waals surface area contributed by atoms with Crippen molar-refractivity contribution < 1.29 is 9.90 Å². The summed E-state index contributed by atoms with van der Waals surface area (Å²) < 4.78 is 0. The predicted molar refractivity (Wildman–Crippen MR) is 48.4 cm³/mol. The van der Waals surface area contributed by atoms with Crippen LogP contribution in [0.25, 0.3) is 0 Å². The van der Waals surface area contributed by atoms with Crippen molar-refractivity contribution in [3.8, 4) is 0 Å². The van der Waals surface area contributed by atoms with Gasteiger partial charge in [-0.25, -0.2) is 4.79 Å². The molecule has 1 aliphatic carbocycles. The van der Waals surface area contributed by atoms with Crippen molar-refractivity contribution in [3.05, 3.63) is 0 Å². The summed E-state index contributed by atoms with van der Waals surface area (Å²) in [4.78, 5) is 13.3. The van der Waals surface area contributed by atoms with Crippen LogP contribution in [0.4, 0.5) is 4.79 Å². The molecule has 0 aromatic rings. The minimum absolute atomic E-state index is 0.0130. The molecule has 2 N–H and O–H groups in total. The molecule has 0 radical (unpaired) electrons. The molecule has 0 aromatic carbocycles. The number of carbonyl (C=O) groups is 1. The van der Waals surface area contributed by atoms with Gasteiger partial charge in [0.25, 0.3) is 0 Å². The molecule has 0 unspecified atom stereocenters. The summed E-state index contributed by atoms with van der Waals surface area (Å²) in [7, 11) is 0. The first kappa shape index (κ1) is 8.81. The van der Waals surface area contributed by atoms with Gasteiger partial charge in [-0.15, -0.1) is 0 Å². The molecule has 2 amide bonds. The number of urea groups is 1. The lowest BCUT2D eigenvalue weighted by atomic mass is 10.2. The number of aliphatic hydroxyl groups excluding tert-OH is 1. The average Bonchev–Trinajstić information content (AvgIpc) is 2.82. The van der Waals surface area contributed by atoms with Gasteiger partial charge in [0.2, 0.25) is 0 Å². The first-order valence-corrected chi connectivity index (χ1v) is 4.99. The van der Waals surface area contributed by atoms with Gasteiger partial charge in [0.05, 0.1) is 12.6 Å². The van der Waals surface area contributed by atoms with Crippen LogP contribution < -0.4 is 5.32 Å². The Morgan fingerprint density at radius 2 is 2.23 bits per heavy atom. The molecular formula is C9H16N2O2. The van der Waals surface area contributed by atoms with Gasteiger partial charge in [0, 0.05) is 12.6 Å². The molecular weight excluding hydrogens is 168 g/mol. The lowest BCUT2D eigenvalue weighted by Crippen LogP contribution is -2.44. The number of likely N-dealkylation sites (tertiary alicyclic amines) is 1. The topological polar surface area (TPSA) is 52.6 Å². The first-order valence-electron chi connectivity index (χ1n) is 4.99. The highest BCUT2D eigenvalue weighted by Crippen LogP contribution is 2.21. The molecule has 0 bridgehead atoms. The van der Waals surface area contributed by atoms with Gasteiger partial charge in [-0.1, -0.05) is 0 Å². The minimum Gasteiger partial charge on any atom is -0.394 e. The second-order valence-electron chi connectivity index (χ2n) is 3.90. The van der Waals surface area contributed by atoms with E-state index < -0.39 is 0 Å². The number of carbonyl (C=O) groups excluding carboxylic acids is 1. The van der Waals surface area contributed by atoms with Crippen molar-refractivity contribution in [1.82, 2.24) is 10.2 Å². The van der Waals surface area contributed by atoms with E-state index in [4.69, 9.17) is 5.11 Å². The molecule has 4 nitrogen and oxygen atoms in total. The van der Waals surface area contributed by atoms with Crippen LogP contribution in [0.1, 0.15) is 25.7 Å². The molecule has 1 atom stereocenters. The highest BCUT2D eigenvalue weighted by Gasteiger charge is 2.31. The fourth-order valence-electron chi connectivity index (χ4n) is 1.78. The van der Waals surface area contributed by atoms with Crippen molar-refractivity contribution in [3.63, 3.8) is 0 Å². The van der Waals surface area contributed by atoms with E-state index in [1.165, 1.54) is 0 Å². The van der Waals surface area contributed by atoms with Crippen molar-refractivity contribution in [2.75, 3.05) is 13.2 Å². The third-order valence-corrected chi connectivity index (χ3v) is 2.75. The second-order valence-corrected chi connectivity index (χ2v) is 3.90. The fraction of sp³-hybridized carbons (Fsp3) is 0.889. The molecule has 1 saturated carbocycles. The van der Waals surface area contributed by atoms with Gasteiger partial charge >= 0.3 is 6.03 Å². The average molecular weight is 184 g/mol. The fourth-order valence-corrected chi connectivity index (χ4v) is 1.78. The third kappa shape index (κ3) is 1.94. The second kappa shape index (κ2) is 3.54. The first-order chi connectivity index (χ1) is 6.31. The highest BCUT2D eigenvalue weighted by atomic mass is 16.3. The maximum Gasteiger partial charge on any atom is 0.317 e. The molecule has 13 heavy (non-hydrogen) atoms. The van der Waals surface area contributed by atoms with Crippen LogP contribution in [-0.2, 0) is 0 Å². The van der Waals surface area contributed by atoms with Crippen LogP contribution in [-0.4, -0.2) is 41.3 Å². The Balaban J connectivity index is 1.86. The maximum atomic E-state index is 11.6. The number of aliphatic hydroxyl groups is 1. The summed E-state index contributed by atoms with van der Waals surface area (Å²) in [6, 6.07) is 0.477. The zero-order chi connectivity index (χ0) is 9.26. The predicted octanol–water partition coefficient (Wildman–Crippen LogP) is 0.315. The third-order valence-electron chi connectivity index (χ3n) is 2.75. The Hall–Kier alpha value is -0.770. The number of nitrogens with zero attached hydrogens (tertiary/aromatic N) is 1. The van der Waals surface area contributed by atoms with Crippen molar-refractivity contribution in [1.29, 1.82) is 0 Å². The molecule has 1 aliphatic heterocycles. The van der Waals surface area contributed by atoms with E-state index in [2.05, 4.69) is 5.32 Å². The van der Waals surface area contributed by atoms with Gasteiger partial charge < -0.3 is 15.3 Å². The monoisotopic (exact) mass is 184 g/mol. The molecule has 2 aliphatic rings. The Bertz CT molecular complexity index is 204. The molecule has 0 aromatic heterocycles. The van der Waals surface area contributed by atoms with Crippen molar-refractivity contribution >= 4 is 6.03 Å². The van der Waals surface area contributed by atoms with Crippen LogP contribution >= 0.6 is 0 Å². The molecule has 1 heterocycles. The largest absolute Gasteiger partial charge is 0.394 e. The van der Waals surface area contributed by atoms with Crippen LogP contribution in [0.3, 0.4) is 0 Å². The number of rotatable bonds is 2. The standard InChI is InChI=1S/C9H16N2O2/c12-6-8-2-1-5-11(8)9(13)10-7-3-4-7/h7-8,12H,1-6H2,(H,10,13)/t8-/m1/s1. The van der Waals surface area contributed by atoms with Gasteiger partial charge in [-0.3, -0.25) is 0 Å². The normalized spacial score (nSPS) is 27.8. The van der Waals surface area contributed by atoms with Crippen LogP contribution in [0.15, 0.2) is 0 Å². The van der Waals surface area contributed by atoms with Crippen molar-refractivity contribution in [2.24, 2.45) is 0 Å². The maximum absolute atomic E-state index is 11.6. The highest BCUT2D eigenvalue weighted by molar-refractivity contribution is 5.75. The van der Waals surface area contributed by atoms with Gasteiger partial charge in [0.1, 0.15) is 0 Å². The summed E-state index contributed by atoms with van der Waals surface area (Å²) in [5, 5.41) is 11.9. The summed E-state index contributed by atoms with van der Waals surface area (Å²) in [6.45, 7) is 0.891. The number of hydrogen-bond donors (Lipinski definition) is 2. The summed E-state index contributed by atoms with van der Waals surface area (Å²) in [5.41, 5.74) is 0. The van der Waals surface area contributed by atoms with E-state index in [1.807, 2.05) is 0 Å². The Kier molecular flexibility index (Phi) is 2.40. The van der Waals surface area contributed by atoms with Crippen LogP contribution in [0.2, 0.25) is 0 Å². The van der Waals surface area contributed by atoms with Gasteiger partial charge in [0.15, 0.2) is 0 Å². The minimum atomic E-state index is 0.0130. The zero-order valence-corrected chi connectivity index (χ0v) is 7.70. The Morgan fingerprint density at radius 3 is 2.85 bits per heavy atom. The van der Waals surface area contributed by atoms with E-state index in [1.54, 1.807) is 4.90 Å².